The number of hydrogen-bond donors (Lipinski definition) is 1. The standard InChI is InChI=1S/C7H15N/c1-4-5-7(2)6-8-3/h6,8H,4-5H2,1-3H3/b7-6-. The SMILES string of the molecule is CCC/C(C)=C\NC. The molecule has 0 saturated heterocycles. The van der Waals surface area contributed by atoms with Crippen molar-refractivity contribution in [3.63, 3.8) is 0 Å². The zero-order valence-electron chi connectivity index (χ0n) is 5.99. The van der Waals surface area contributed by atoms with Gasteiger partial charge in [0, 0.05) is 7.05 Å². The van der Waals surface area contributed by atoms with Gasteiger partial charge in [0.1, 0.15) is 0 Å². The van der Waals surface area contributed by atoms with Crippen LogP contribution in [0.3, 0.4) is 0 Å². The van der Waals surface area contributed by atoms with Gasteiger partial charge in [0.2, 0.25) is 0 Å². The molecule has 0 saturated carbocycles. The Morgan fingerprint density at radius 1 is 1.62 bits per heavy atom. The molecule has 0 atom stereocenters. The van der Waals surface area contributed by atoms with Crippen molar-refractivity contribution in [2.24, 2.45) is 0 Å². The number of allylic oxidation sites excluding steroid dienone is 1. The van der Waals surface area contributed by atoms with Gasteiger partial charge in [-0.3, -0.25) is 0 Å². The Morgan fingerprint density at radius 2 is 2.25 bits per heavy atom. The normalized spacial score (nSPS) is 11.6. The molecule has 0 aromatic heterocycles. The molecule has 0 spiro atoms. The maximum Gasteiger partial charge on any atom is 0.00276 e. The molecule has 1 N–H and O–H groups in total. The molecule has 0 unspecified atom stereocenters. The van der Waals surface area contributed by atoms with Crippen LogP contribution in [-0.4, -0.2) is 7.05 Å². The second-order valence-corrected chi connectivity index (χ2v) is 2.03. The average molecular weight is 113 g/mol. The molecular formula is C7H15N. The van der Waals surface area contributed by atoms with E-state index in [0.717, 1.165) is 0 Å². The van der Waals surface area contributed by atoms with E-state index in [2.05, 4.69) is 19.2 Å². The highest BCUT2D eigenvalue weighted by atomic mass is 14.8. The fourth-order valence-electron chi connectivity index (χ4n) is 0.713. The first-order chi connectivity index (χ1) is 3.81. The van der Waals surface area contributed by atoms with Crippen molar-refractivity contribution in [2.45, 2.75) is 26.7 Å². The summed E-state index contributed by atoms with van der Waals surface area (Å²) in [6.45, 7) is 4.33. The third-order valence-corrected chi connectivity index (χ3v) is 1.04. The first-order valence-electron chi connectivity index (χ1n) is 3.14. The third-order valence-electron chi connectivity index (χ3n) is 1.04. The molecule has 0 rings (SSSR count). The summed E-state index contributed by atoms with van der Waals surface area (Å²) in [6, 6.07) is 0. The summed E-state index contributed by atoms with van der Waals surface area (Å²) < 4.78 is 0. The highest BCUT2D eigenvalue weighted by Crippen LogP contribution is 1.99. The van der Waals surface area contributed by atoms with E-state index >= 15 is 0 Å². The molecule has 0 amide bonds. The molecule has 0 bridgehead atoms. The Labute approximate surface area is 51.8 Å². The van der Waals surface area contributed by atoms with Gasteiger partial charge in [-0.15, -0.1) is 0 Å². The maximum atomic E-state index is 2.99. The van der Waals surface area contributed by atoms with E-state index in [9.17, 15) is 0 Å². The lowest BCUT2D eigenvalue weighted by molar-refractivity contribution is 0.887. The summed E-state index contributed by atoms with van der Waals surface area (Å²) in [5.74, 6) is 0. The van der Waals surface area contributed by atoms with E-state index < -0.39 is 0 Å². The maximum absolute atomic E-state index is 2.99. The molecule has 0 aromatic carbocycles. The third kappa shape index (κ3) is 3.72. The van der Waals surface area contributed by atoms with Crippen molar-refractivity contribution in [1.82, 2.24) is 5.32 Å². The molecule has 8 heavy (non-hydrogen) atoms. The van der Waals surface area contributed by atoms with Crippen molar-refractivity contribution in [1.29, 1.82) is 0 Å². The van der Waals surface area contributed by atoms with Crippen LogP contribution in [-0.2, 0) is 0 Å². The van der Waals surface area contributed by atoms with Gasteiger partial charge in [-0.05, 0) is 19.5 Å². The van der Waals surface area contributed by atoms with E-state index in [4.69, 9.17) is 0 Å². The van der Waals surface area contributed by atoms with Crippen LogP contribution >= 0.6 is 0 Å². The predicted molar refractivity (Wildman–Crippen MR) is 37.7 cm³/mol. The first kappa shape index (κ1) is 7.54. The molecule has 0 aromatic rings. The van der Waals surface area contributed by atoms with Crippen LogP contribution in [0, 0.1) is 0 Å². The Morgan fingerprint density at radius 3 is 2.62 bits per heavy atom. The minimum absolute atomic E-state index is 1.21. The van der Waals surface area contributed by atoms with Gasteiger partial charge in [0.25, 0.3) is 0 Å². The van der Waals surface area contributed by atoms with Crippen LogP contribution < -0.4 is 5.32 Å². The van der Waals surface area contributed by atoms with E-state index in [1.165, 1.54) is 18.4 Å². The second-order valence-electron chi connectivity index (χ2n) is 2.03. The van der Waals surface area contributed by atoms with Crippen LogP contribution in [0.4, 0.5) is 0 Å². The van der Waals surface area contributed by atoms with Crippen LogP contribution in [0.2, 0.25) is 0 Å². The topological polar surface area (TPSA) is 12.0 Å². The summed E-state index contributed by atoms with van der Waals surface area (Å²) in [4.78, 5) is 0. The van der Waals surface area contributed by atoms with Gasteiger partial charge in [0.05, 0.1) is 0 Å². The average Bonchev–Trinajstić information content (AvgIpc) is 1.68. The van der Waals surface area contributed by atoms with Crippen molar-refractivity contribution < 1.29 is 0 Å². The van der Waals surface area contributed by atoms with Gasteiger partial charge in [-0.1, -0.05) is 18.9 Å². The zero-order chi connectivity index (χ0) is 6.41. The fraction of sp³-hybridized carbons (Fsp3) is 0.714. The van der Waals surface area contributed by atoms with Crippen LogP contribution in [0.25, 0.3) is 0 Å². The van der Waals surface area contributed by atoms with Crippen LogP contribution in [0.5, 0.6) is 0 Å². The molecule has 0 radical (unpaired) electrons. The zero-order valence-corrected chi connectivity index (χ0v) is 5.99. The molecular weight excluding hydrogens is 98.1 g/mol. The molecule has 0 heterocycles. The van der Waals surface area contributed by atoms with E-state index in [0.29, 0.717) is 0 Å². The number of rotatable bonds is 3. The van der Waals surface area contributed by atoms with Crippen molar-refractivity contribution in [3.05, 3.63) is 11.8 Å². The fourth-order valence-corrected chi connectivity index (χ4v) is 0.713. The van der Waals surface area contributed by atoms with Gasteiger partial charge in [-0.2, -0.15) is 0 Å². The summed E-state index contributed by atoms with van der Waals surface area (Å²) >= 11 is 0. The summed E-state index contributed by atoms with van der Waals surface area (Å²) in [6.07, 6.45) is 4.49. The lowest BCUT2D eigenvalue weighted by atomic mass is 10.2. The molecule has 1 nitrogen and oxygen atoms in total. The highest BCUT2D eigenvalue weighted by molar-refractivity contribution is 4.94. The lowest BCUT2D eigenvalue weighted by Crippen LogP contribution is -1.93. The van der Waals surface area contributed by atoms with Gasteiger partial charge >= 0.3 is 0 Å². The van der Waals surface area contributed by atoms with Gasteiger partial charge in [-0.25, -0.2) is 0 Å². The largest absolute Gasteiger partial charge is 0.394 e. The molecule has 0 fully saturated rings. The van der Waals surface area contributed by atoms with Crippen LogP contribution in [0.1, 0.15) is 26.7 Å². The summed E-state index contributed by atoms with van der Waals surface area (Å²) in [5, 5.41) is 2.99. The molecule has 0 aliphatic heterocycles. The lowest BCUT2D eigenvalue weighted by Gasteiger charge is -1.94. The Balaban J connectivity index is 3.29. The van der Waals surface area contributed by atoms with Crippen molar-refractivity contribution >= 4 is 0 Å². The molecule has 0 aliphatic carbocycles. The molecule has 0 aliphatic rings. The van der Waals surface area contributed by atoms with Crippen molar-refractivity contribution in [2.75, 3.05) is 7.05 Å². The monoisotopic (exact) mass is 113 g/mol. The minimum Gasteiger partial charge on any atom is -0.394 e. The Hall–Kier alpha value is -0.460. The first-order valence-corrected chi connectivity index (χ1v) is 3.14. The Kier molecular flexibility index (Phi) is 4.42. The molecule has 1 heteroatoms. The highest BCUT2D eigenvalue weighted by Gasteiger charge is 1.82. The predicted octanol–water partition coefficient (Wildman–Crippen LogP) is 1.91. The summed E-state index contributed by atoms with van der Waals surface area (Å²) in [5.41, 5.74) is 1.43. The van der Waals surface area contributed by atoms with Crippen LogP contribution in [0.15, 0.2) is 11.8 Å². The molecule has 48 valence electrons. The van der Waals surface area contributed by atoms with E-state index in [1.807, 2.05) is 13.2 Å². The second kappa shape index (κ2) is 4.69. The smallest absolute Gasteiger partial charge is 0.00276 e. The quantitative estimate of drug-likeness (QED) is 0.589. The van der Waals surface area contributed by atoms with E-state index in [-0.39, 0.29) is 0 Å². The van der Waals surface area contributed by atoms with Gasteiger partial charge in [0.15, 0.2) is 0 Å². The van der Waals surface area contributed by atoms with Crippen molar-refractivity contribution in [3.8, 4) is 0 Å². The summed E-state index contributed by atoms with van der Waals surface area (Å²) in [7, 11) is 1.93. The number of nitrogens with one attached hydrogen (secondary N) is 1. The Bertz CT molecular complexity index is 74.5. The minimum atomic E-state index is 1.21. The van der Waals surface area contributed by atoms with Gasteiger partial charge < -0.3 is 5.32 Å². The van der Waals surface area contributed by atoms with E-state index in [1.54, 1.807) is 0 Å². The number of hydrogen-bond acceptors (Lipinski definition) is 1.